The fraction of sp³-hybridized carbons (Fsp3) is 0.615. The van der Waals surface area contributed by atoms with Crippen LogP contribution >= 0.6 is 12.6 Å². The van der Waals surface area contributed by atoms with Crippen molar-refractivity contribution in [3.05, 3.63) is 12.4 Å². The van der Waals surface area contributed by atoms with E-state index in [4.69, 9.17) is 4.74 Å². The van der Waals surface area contributed by atoms with Crippen LogP contribution in [0.25, 0.3) is 0 Å². The van der Waals surface area contributed by atoms with E-state index in [2.05, 4.69) is 27.5 Å². The Hall–Kier alpha value is -1.34. The Morgan fingerprint density at radius 2 is 2.05 bits per heavy atom. The number of carbonyl (C=O) groups excluding carboxylic acids is 1. The van der Waals surface area contributed by atoms with Gasteiger partial charge in [-0.05, 0) is 11.7 Å². The molecule has 2 aliphatic heterocycles. The zero-order valence-electron chi connectivity index (χ0n) is 11.2. The molecule has 0 N–H and O–H groups in total. The summed E-state index contributed by atoms with van der Waals surface area (Å²) in [6, 6.07) is 1.89. The first-order valence-electron chi connectivity index (χ1n) is 6.84. The Morgan fingerprint density at radius 3 is 2.75 bits per heavy atom. The van der Waals surface area contributed by atoms with Gasteiger partial charge in [-0.25, -0.2) is 9.97 Å². The number of thiol groups is 1. The third-order valence-corrected chi connectivity index (χ3v) is 4.23. The molecule has 0 spiro atoms. The Balaban J connectivity index is 1.78. The standard InChI is InChI=1S/C13H18N4O2S/c18-13-5-10(8-20)7-17(13)12-6-11(14-9-15-12)16-1-3-19-4-2-16/h6,9-10,20H,1-5,7-8H2. The lowest BCUT2D eigenvalue weighted by Gasteiger charge is -2.28. The summed E-state index contributed by atoms with van der Waals surface area (Å²) in [5.41, 5.74) is 0. The van der Waals surface area contributed by atoms with Crippen molar-refractivity contribution >= 4 is 30.2 Å². The second kappa shape index (κ2) is 5.97. The molecule has 6 nitrogen and oxygen atoms in total. The molecule has 2 fully saturated rings. The van der Waals surface area contributed by atoms with E-state index in [0.717, 1.165) is 24.7 Å². The molecule has 3 heterocycles. The number of rotatable bonds is 3. The summed E-state index contributed by atoms with van der Waals surface area (Å²) in [7, 11) is 0. The van der Waals surface area contributed by atoms with E-state index in [1.165, 1.54) is 6.33 Å². The van der Waals surface area contributed by atoms with Gasteiger partial charge in [-0.3, -0.25) is 9.69 Å². The number of nitrogens with zero attached hydrogens (tertiary/aromatic N) is 4. The molecule has 1 atom stereocenters. The fourth-order valence-electron chi connectivity index (χ4n) is 2.58. The Bertz CT molecular complexity index is 493. The van der Waals surface area contributed by atoms with Crippen molar-refractivity contribution in [2.75, 3.05) is 48.4 Å². The molecule has 0 aliphatic carbocycles. The molecule has 1 aromatic rings. The molecular weight excluding hydrogens is 276 g/mol. The van der Waals surface area contributed by atoms with E-state index in [1.54, 1.807) is 4.90 Å². The van der Waals surface area contributed by atoms with Gasteiger partial charge < -0.3 is 9.64 Å². The number of morpholine rings is 1. The van der Waals surface area contributed by atoms with E-state index in [9.17, 15) is 4.79 Å². The van der Waals surface area contributed by atoms with Crippen LogP contribution in [0.15, 0.2) is 12.4 Å². The molecule has 0 radical (unpaired) electrons. The molecule has 7 heteroatoms. The summed E-state index contributed by atoms with van der Waals surface area (Å²) in [6.45, 7) is 3.77. The lowest BCUT2D eigenvalue weighted by Crippen LogP contribution is -2.37. The molecule has 108 valence electrons. The first-order chi connectivity index (χ1) is 9.78. The molecule has 1 unspecified atom stereocenters. The third-order valence-electron chi connectivity index (χ3n) is 3.71. The van der Waals surface area contributed by atoms with Crippen LogP contribution in [0.2, 0.25) is 0 Å². The van der Waals surface area contributed by atoms with Crippen LogP contribution in [-0.2, 0) is 9.53 Å². The summed E-state index contributed by atoms with van der Waals surface area (Å²) in [4.78, 5) is 24.5. The van der Waals surface area contributed by atoms with Gasteiger partial charge in [-0.2, -0.15) is 12.6 Å². The van der Waals surface area contributed by atoms with Crippen LogP contribution in [0.1, 0.15) is 6.42 Å². The Labute approximate surface area is 123 Å². The van der Waals surface area contributed by atoms with Crippen molar-refractivity contribution in [1.82, 2.24) is 9.97 Å². The molecule has 0 saturated carbocycles. The highest BCUT2D eigenvalue weighted by Crippen LogP contribution is 2.26. The molecule has 1 aromatic heterocycles. The normalized spacial score (nSPS) is 23.4. The smallest absolute Gasteiger partial charge is 0.228 e. The van der Waals surface area contributed by atoms with E-state index >= 15 is 0 Å². The SMILES string of the molecule is O=C1CC(CS)CN1c1cc(N2CCOCC2)ncn1. The number of hydrogen-bond acceptors (Lipinski definition) is 6. The molecule has 0 bridgehead atoms. The quantitative estimate of drug-likeness (QED) is 0.827. The molecule has 0 aromatic carbocycles. The highest BCUT2D eigenvalue weighted by atomic mass is 32.1. The van der Waals surface area contributed by atoms with Gasteiger partial charge in [0.25, 0.3) is 0 Å². The zero-order chi connectivity index (χ0) is 13.9. The van der Waals surface area contributed by atoms with Crippen molar-refractivity contribution in [3.63, 3.8) is 0 Å². The Kier molecular flexibility index (Phi) is 4.07. The second-order valence-electron chi connectivity index (χ2n) is 5.09. The number of hydrogen-bond donors (Lipinski definition) is 1. The maximum atomic E-state index is 12.0. The van der Waals surface area contributed by atoms with Crippen LogP contribution in [0.3, 0.4) is 0 Å². The maximum Gasteiger partial charge on any atom is 0.228 e. The molecule has 2 aliphatic rings. The topological polar surface area (TPSA) is 58.6 Å². The second-order valence-corrected chi connectivity index (χ2v) is 5.46. The minimum absolute atomic E-state index is 0.121. The van der Waals surface area contributed by atoms with E-state index in [-0.39, 0.29) is 5.91 Å². The summed E-state index contributed by atoms with van der Waals surface area (Å²) in [6.07, 6.45) is 2.09. The van der Waals surface area contributed by atoms with Crippen LogP contribution in [0.4, 0.5) is 11.6 Å². The zero-order valence-corrected chi connectivity index (χ0v) is 12.1. The third kappa shape index (κ3) is 2.73. The highest BCUT2D eigenvalue weighted by Gasteiger charge is 2.30. The number of carbonyl (C=O) groups is 1. The first-order valence-corrected chi connectivity index (χ1v) is 7.47. The number of aromatic nitrogens is 2. The van der Waals surface area contributed by atoms with Crippen molar-refractivity contribution in [2.45, 2.75) is 6.42 Å². The van der Waals surface area contributed by atoms with E-state index < -0.39 is 0 Å². The first kappa shape index (κ1) is 13.6. The lowest BCUT2D eigenvalue weighted by atomic mass is 10.1. The van der Waals surface area contributed by atoms with Crippen molar-refractivity contribution in [2.24, 2.45) is 5.92 Å². The van der Waals surface area contributed by atoms with Gasteiger partial charge >= 0.3 is 0 Å². The summed E-state index contributed by atoms with van der Waals surface area (Å²) >= 11 is 4.28. The predicted molar refractivity (Wildman–Crippen MR) is 79.4 cm³/mol. The number of amides is 1. The fourth-order valence-corrected chi connectivity index (χ4v) is 2.82. The molecule has 3 rings (SSSR count). The van der Waals surface area contributed by atoms with Gasteiger partial charge in [-0.1, -0.05) is 0 Å². The minimum Gasteiger partial charge on any atom is -0.378 e. The molecule has 20 heavy (non-hydrogen) atoms. The summed E-state index contributed by atoms with van der Waals surface area (Å²) < 4.78 is 5.34. The van der Waals surface area contributed by atoms with Crippen LogP contribution in [0, 0.1) is 5.92 Å². The minimum atomic E-state index is 0.121. The van der Waals surface area contributed by atoms with Crippen molar-refractivity contribution in [3.8, 4) is 0 Å². The molecular formula is C13H18N4O2S. The van der Waals surface area contributed by atoms with Gasteiger partial charge in [0.2, 0.25) is 5.91 Å². The number of anilines is 2. The summed E-state index contributed by atoms with van der Waals surface area (Å²) in [5.74, 6) is 2.71. The number of ether oxygens (including phenoxy) is 1. The lowest BCUT2D eigenvalue weighted by molar-refractivity contribution is -0.117. The van der Waals surface area contributed by atoms with Gasteiger partial charge in [0.1, 0.15) is 18.0 Å². The van der Waals surface area contributed by atoms with Gasteiger partial charge in [0.15, 0.2) is 0 Å². The average Bonchev–Trinajstić information content (AvgIpc) is 2.89. The van der Waals surface area contributed by atoms with Crippen molar-refractivity contribution in [1.29, 1.82) is 0 Å². The maximum absolute atomic E-state index is 12.0. The van der Waals surface area contributed by atoms with Crippen LogP contribution in [-0.4, -0.2) is 54.5 Å². The molecule has 2 saturated heterocycles. The van der Waals surface area contributed by atoms with Gasteiger partial charge in [0.05, 0.1) is 13.2 Å². The van der Waals surface area contributed by atoms with E-state index in [1.807, 2.05) is 6.07 Å². The summed E-state index contributed by atoms with van der Waals surface area (Å²) in [5, 5.41) is 0. The highest BCUT2D eigenvalue weighted by molar-refractivity contribution is 7.80. The van der Waals surface area contributed by atoms with Crippen molar-refractivity contribution < 1.29 is 9.53 Å². The molecule has 1 amide bonds. The van der Waals surface area contributed by atoms with Crippen LogP contribution in [0.5, 0.6) is 0 Å². The average molecular weight is 294 g/mol. The van der Waals surface area contributed by atoms with Crippen LogP contribution < -0.4 is 9.80 Å². The largest absolute Gasteiger partial charge is 0.378 e. The Morgan fingerprint density at radius 1 is 1.30 bits per heavy atom. The van der Waals surface area contributed by atoms with Gasteiger partial charge in [-0.15, -0.1) is 0 Å². The van der Waals surface area contributed by atoms with E-state index in [0.29, 0.717) is 37.9 Å². The monoisotopic (exact) mass is 294 g/mol. The predicted octanol–water partition coefficient (Wildman–Crippen LogP) is 0.596. The van der Waals surface area contributed by atoms with Gasteiger partial charge in [0, 0.05) is 32.1 Å².